The maximum atomic E-state index is 13.3. The van der Waals surface area contributed by atoms with Crippen molar-refractivity contribution in [1.29, 1.82) is 0 Å². The van der Waals surface area contributed by atoms with E-state index in [0.29, 0.717) is 35.5 Å². The summed E-state index contributed by atoms with van der Waals surface area (Å²) < 4.78 is 24.5. The average Bonchev–Trinajstić information content (AvgIpc) is 3.21. The Morgan fingerprint density at radius 2 is 2.17 bits per heavy atom. The van der Waals surface area contributed by atoms with Crippen LogP contribution in [0.4, 0.5) is 16.4 Å². The highest BCUT2D eigenvalue weighted by Crippen LogP contribution is 2.31. The van der Waals surface area contributed by atoms with Gasteiger partial charge < -0.3 is 18.7 Å². The average molecular weight is 331 g/mol. The van der Waals surface area contributed by atoms with Crippen molar-refractivity contribution in [3.8, 4) is 0 Å². The van der Waals surface area contributed by atoms with Crippen LogP contribution in [0.5, 0.6) is 0 Å². The van der Waals surface area contributed by atoms with E-state index in [1.54, 1.807) is 6.07 Å². The maximum absolute atomic E-state index is 13.3. The molecule has 1 atom stereocenters. The van der Waals surface area contributed by atoms with Gasteiger partial charge in [0.15, 0.2) is 5.58 Å². The molecule has 1 aliphatic rings. The van der Waals surface area contributed by atoms with E-state index >= 15 is 0 Å². The molecule has 2 aromatic heterocycles. The molecule has 8 heteroatoms. The second-order valence-corrected chi connectivity index (χ2v) is 6.22. The molecule has 0 amide bonds. The fourth-order valence-corrected chi connectivity index (χ4v) is 2.95. The quantitative estimate of drug-likeness (QED) is 0.731. The van der Waals surface area contributed by atoms with Gasteiger partial charge in [-0.2, -0.15) is 9.97 Å². The van der Waals surface area contributed by atoms with Gasteiger partial charge in [-0.3, -0.25) is 0 Å². The molecule has 0 bridgehead atoms. The molecular weight excluding hydrogens is 313 g/mol. The van der Waals surface area contributed by atoms with E-state index in [2.05, 4.69) is 15.1 Å². The molecule has 0 N–H and O–H groups in total. The molecule has 0 radical (unpaired) electrons. The first-order valence-corrected chi connectivity index (χ1v) is 7.92. The topological polar surface area (TPSA) is 71.4 Å². The van der Waals surface area contributed by atoms with Gasteiger partial charge >= 0.3 is 0 Å². The van der Waals surface area contributed by atoms with Gasteiger partial charge in [0.25, 0.3) is 12.0 Å². The summed E-state index contributed by atoms with van der Waals surface area (Å²) in [6.45, 7) is 1.52. The van der Waals surface area contributed by atoms with Gasteiger partial charge in [-0.1, -0.05) is 0 Å². The van der Waals surface area contributed by atoms with Crippen LogP contribution in [0.1, 0.15) is 24.7 Å². The van der Waals surface area contributed by atoms with Gasteiger partial charge in [0.2, 0.25) is 5.89 Å². The van der Waals surface area contributed by atoms with E-state index < -0.39 is 0 Å². The minimum atomic E-state index is -0.319. The zero-order chi connectivity index (χ0) is 16.7. The molecule has 0 spiro atoms. The van der Waals surface area contributed by atoms with Gasteiger partial charge in [0.05, 0.1) is 5.92 Å². The van der Waals surface area contributed by atoms with Crippen LogP contribution in [-0.4, -0.2) is 42.3 Å². The minimum absolute atomic E-state index is 0.131. The Kier molecular flexibility index (Phi) is 3.59. The van der Waals surface area contributed by atoms with E-state index in [-0.39, 0.29) is 11.7 Å². The monoisotopic (exact) mass is 331 g/mol. The summed E-state index contributed by atoms with van der Waals surface area (Å²) in [6.07, 6.45) is 1.94. The molecule has 3 heterocycles. The predicted octanol–water partition coefficient (Wildman–Crippen LogP) is 2.80. The van der Waals surface area contributed by atoms with Crippen molar-refractivity contribution in [2.75, 3.05) is 37.0 Å². The van der Waals surface area contributed by atoms with Crippen LogP contribution >= 0.6 is 0 Å². The number of aromatic nitrogens is 3. The minimum Gasteiger partial charge on any atom is -0.423 e. The van der Waals surface area contributed by atoms with Crippen molar-refractivity contribution < 1.29 is 13.3 Å². The first-order valence-electron chi connectivity index (χ1n) is 7.92. The summed E-state index contributed by atoms with van der Waals surface area (Å²) in [6, 6.07) is 4.86. The largest absolute Gasteiger partial charge is 0.423 e. The third-order valence-electron chi connectivity index (χ3n) is 4.21. The van der Waals surface area contributed by atoms with Crippen LogP contribution in [0.15, 0.2) is 27.1 Å². The van der Waals surface area contributed by atoms with Crippen molar-refractivity contribution in [3.63, 3.8) is 0 Å². The van der Waals surface area contributed by atoms with Crippen LogP contribution in [0.3, 0.4) is 0 Å². The number of hydrogen-bond acceptors (Lipinski definition) is 7. The molecular formula is C16H18FN5O2. The molecule has 1 aromatic carbocycles. The molecule has 1 fully saturated rings. The van der Waals surface area contributed by atoms with Crippen molar-refractivity contribution in [3.05, 3.63) is 29.9 Å². The smallest absolute Gasteiger partial charge is 0.298 e. The Bertz CT molecular complexity index is 859. The highest BCUT2D eigenvalue weighted by atomic mass is 19.1. The molecule has 0 saturated carbocycles. The van der Waals surface area contributed by atoms with Crippen molar-refractivity contribution >= 4 is 23.1 Å². The van der Waals surface area contributed by atoms with Crippen LogP contribution in [0.2, 0.25) is 0 Å². The third-order valence-corrected chi connectivity index (χ3v) is 4.21. The summed E-state index contributed by atoms with van der Waals surface area (Å²) in [5.74, 6) is 1.01. The van der Waals surface area contributed by atoms with Crippen LogP contribution < -0.4 is 9.80 Å². The lowest BCUT2D eigenvalue weighted by Crippen LogP contribution is -2.34. The molecule has 0 aliphatic carbocycles. The fourth-order valence-electron chi connectivity index (χ4n) is 2.95. The van der Waals surface area contributed by atoms with Crippen LogP contribution in [0.25, 0.3) is 11.1 Å². The van der Waals surface area contributed by atoms with Crippen molar-refractivity contribution in [1.82, 2.24) is 15.1 Å². The van der Waals surface area contributed by atoms with E-state index in [0.717, 1.165) is 19.4 Å². The van der Waals surface area contributed by atoms with Gasteiger partial charge in [-0.15, -0.1) is 0 Å². The number of anilines is 2. The number of piperidine rings is 1. The Morgan fingerprint density at radius 1 is 1.29 bits per heavy atom. The lowest BCUT2D eigenvalue weighted by atomic mass is 9.98. The molecule has 7 nitrogen and oxygen atoms in total. The second kappa shape index (κ2) is 5.77. The van der Waals surface area contributed by atoms with Crippen LogP contribution in [-0.2, 0) is 0 Å². The normalized spacial score (nSPS) is 18.3. The summed E-state index contributed by atoms with van der Waals surface area (Å²) >= 11 is 0. The number of nitrogens with zero attached hydrogens (tertiary/aromatic N) is 5. The van der Waals surface area contributed by atoms with E-state index in [9.17, 15) is 4.39 Å². The van der Waals surface area contributed by atoms with Gasteiger partial charge in [0, 0.05) is 33.3 Å². The second-order valence-electron chi connectivity index (χ2n) is 6.22. The fraction of sp³-hybridized carbons (Fsp3) is 0.438. The number of halogens is 1. The highest BCUT2D eigenvalue weighted by Gasteiger charge is 2.28. The molecule has 1 aliphatic heterocycles. The predicted molar refractivity (Wildman–Crippen MR) is 86.8 cm³/mol. The lowest BCUT2D eigenvalue weighted by Gasteiger charge is -2.29. The summed E-state index contributed by atoms with van der Waals surface area (Å²) in [7, 11) is 3.75. The van der Waals surface area contributed by atoms with Gasteiger partial charge in [-0.05, 0) is 30.1 Å². The first kappa shape index (κ1) is 14.9. The molecule has 4 rings (SSSR count). The molecule has 24 heavy (non-hydrogen) atoms. The van der Waals surface area contributed by atoms with Gasteiger partial charge in [-0.25, -0.2) is 4.39 Å². The van der Waals surface area contributed by atoms with E-state index in [1.165, 1.54) is 12.1 Å². The number of benzene rings is 1. The first-order chi connectivity index (χ1) is 11.6. The Morgan fingerprint density at radius 3 is 2.96 bits per heavy atom. The van der Waals surface area contributed by atoms with E-state index in [1.807, 2.05) is 23.9 Å². The number of oxazole rings is 1. The van der Waals surface area contributed by atoms with Crippen LogP contribution in [0, 0.1) is 5.82 Å². The summed E-state index contributed by atoms with van der Waals surface area (Å²) in [5.41, 5.74) is 1.11. The summed E-state index contributed by atoms with van der Waals surface area (Å²) in [4.78, 5) is 12.7. The Hall–Kier alpha value is -2.64. The van der Waals surface area contributed by atoms with Crippen molar-refractivity contribution in [2.45, 2.75) is 18.8 Å². The standard InChI is InChI=1S/C16H18FN5O2/c1-21(2)15-19-14(24-20-15)10-4-3-7-22(9-10)16-18-12-8-11(17)5-6-13(12)23-16/h5-6,8,10H,3-4,7,9H2,1-2H3. The third kappa shape index (κ3) is 2.68. The van der Waals surface area contributed by atoms with Gasteiger partial charge in [0.1, 0.15) is 11.3 Å². The summed E-state index contributed by atoms with van der Waals surface area (Å²) in [5, 5.41) is 3.97. The molecule has 126 valence electrons. The SMILES string of the molecule is CN(C)c1noc(C2CCCN(c3nc4cc(F)ccc4o3)C2)n1. The zero-order valence-electron chi connectivity index (χ0n) is 13.6. The Labute approximate surface area is 138 Å². The molecule has 3 aromatic rings. The molecule has 1 unspecified atom stereocenters. The maximum Gasteiger partial charge on any atom is 0.298 e. The number of fused-ring (bicyclic) bond motifs is 1. The van der Waals surface area contributed by atoms with E-state index in [4.69, 9.17) is 8.94 Å². The molecule has 1 saturated heterocycles. The zero-order valence-corrected chi connectivity index (χ0v) is 13.6. The highest BCUT2D eigenvalue weighted by molar-refractivity contribution is 5.74. The number of rotatable bonds is 3. The lowest BCUT2D eigenvalue weighted by molar-refractivity contribution is 0.329. The number of hydrogen-bond donors (Lipinski definition) is 0. The Balaban J connectivity index is 1.56. The van der Waals surface area contributed by atoms with Crippen molar-refractivity contribution in [2.24, 2.45) is 0 Å².